The number of hydrogen-bond acceptors (Lipinski definition) is 6. The van der Waals surface area contributed by atoms with Crippen LogP contribution in [0.25, 0.3) is 0 Å². The Balaban J connectivity index is 1.56. The zero-order valence-corrected chi connectivity index (χ0v) is 19.6. The third-order valence-electron chi connectivity index (χ3n) is 6.07. The molecular formula is C26H29N5O3. The molecule has 1 aliphatic heterocycles. The van der Waals surface area contributed by atoms with E-state index in [9.17, 15) is 9.59 Å². The largest absolute Gasteiger partial charge is 0.497 e. The molecule has 1 unspecified atom stereocenters. The molecule has 8 nitrogen and oxygen atoms in total. The van der Waals surface area contributed by atoms with Crippen molar-refractivity contribution in [1.29, 1.82) is 0 Å². The van der Waals surface area contributed by atoms with Crippen LogP contribution >= 0.6 is 0 Å². The van der Waals surface area contributed by atoms with Gasteiger partial charge in [-0.15, -0.1) is 0 Å². The van der Waals surface area contributed by atoms with Crippen molar-refractivity contribution >= 4 is 23.3 Å². The van der Waals surface area contributed by atoms with E-state index in [0.717, 1.165) is 23.5 Å². The minimum Gasteiger partial charge on any atom is -0.497 e. The van der Waals surface area contributed by atoms with Crippen LogP contribution in [0.15, 0.2) is 66.9 Å². The Morgan fingerprint density at radius 2 is 1.88 bits per heavy atom. The fourth-order valence-corrected chi connectivity index (χ4v) is 4.13. The van der Waals surface area contributed by atoms with Gasteiger partial charge in [0.2, 0.25) is 0 Å². The lowest BCUT2D eigenvalue weighted by Gasteiger charge is -2.40. The van der Waals surface area contributed by atoms with Gasteiger partial charge < -0.3 is 20.3 Å². The Labute approximate surface area is 199 Å². The molecule has 2 heterocycles. The van der Waals surface area contributed by atoms with E-state index in [4.69, 9.17) is 4.74 Å². The number of nitrogens with one attached hydrogen (secondary N) is 2. The molecule has 0 bridgehead atoms. The first-order chi connectivity index (χ1) is 16.5. The van der Waals surface area contributed by atoms with Gasteiger partial charge in [0.05, 0.1) is 18.7 Å². The Kier molecular flexibility index (Phi) is 7.08. The molecule has 0 aliphatic carbocycles. The standard InChI is InChI=1S/C26H29N5O3/c1-27-25(32)19-8-4-7-18(15-19)23-17-31(14-13-30(23)2)26(33)22-11-6-12-28-24(22)29-20-9-5-10-21(16-20)34-3/h4-12,15-16,23H,13-14,17H2,1-3H3,(H,27,32)(H,28,29). The summed E-state index contributed by atoms with van der Waals surface area (Å²) in [6, 6.07) is 18.6. The van der Waals surface area contributed by atoms with E-state index in [0.29, 0.717) is 30.0 Å². The van der Waals surface area contributed by atoms with Crippen LogP contribution in [-0.4, -0.2) is 67.4 Å². The summed E-state index contributed by atoms with van der Waals surface area (Å²) in [6.07, 6.45) is 1.66. The smallest absolute Gasteiger partial charge is 0.257 e. The summed E-state index contributed by atoms with van der Waals surface area (Å²) >= 11 is 0. The molecule has 0 radical (unpaired) electrons. The maximum absolute atomic E-state index is 13.6. The molecule has 1 aromatic heterocycles. The average molecular weight is 460 g/mol. The summed E-state index contributed by atoms with van der Waals surface area (Å²) in [6.45, 7) is 1.84. The molecular weight excluding hydrogens is 430 g/mol. The van der Waals surface area contributed by atoms with Crippen LogP contribution in [0.2, 0.25) is 0 Å². The summed E-state index contributed by atoms with van der Waals surface area (Å²) in [5, 5.41) is 5.92. The predicted octanol–water partition coefficient (Wildman–Crippen LogP) is 3.32. The maximum Gasteiger partial charge on any atom is 0.257 e. The quantitative estimate of drug-likeness (QED) is 0.588. The minimum absolute atomic E-state index is 0.0197. The highest BCUT2D eigenvalue weighted by atomic mass is 16.5. The summed E-state index contributed by atoms with van der Waals surface area (Å²) < 4.78 is 5.29. The number of rotatable bonds is 6. The fraction of sp³-hybridized carbons (Fsp3) is 0.269. The molecule has 0 saturated carbocycles. The van der Waals surface area contributed by atoms with Crippen LogP contribution in [0.3, 0.4) is 0 Å². The highest BCUT2D eigenvalue weighted by molar-refractivity contribution is 5.99. The number of nitrogens with zero attached hydrogens (tertiary/aromatic N) is 3. The van der Waals surface area contributed by atoms with Gasteiger partial charge in [-0.25, -0.2) is 4.98 Å². The Hall–Kier alpha value is -3.91. The highest BCUT2D eigenvalue weighted by Gasteiger charge is 2.30. The number of methoxy groups -OCH3 is 1. The molecule has 176 valence electrons. The number of pyridine rings is 1. The van der Waals surface area contributed by atoms with Gasteiger partial charge in [0.1, 0.15) is 11.6 Å². The SMILES string of the molecule is CNC(=O)c1cccc(C2CN(C(=O)c3cccnc3Nc3cccc(OC)c3)CCN2C)c1. The summed E-state index contributed by atoms with van der Waals surface area (Å²) in [7, 11) is 5.27. The summed E-state index contributed by atoms with van der Waals surface area (Å²) in [4.78, 5) is 34.2. The predicted molar refractivity (Wildman–Crippen MR) is 132 cm³/mol. The lowest BCUT2D eigenvalue weighted by molar-refractivity contribution is 0.0546. The first kappa shape index (κ1) is 23.3. The van der Waals surface area contributed by atoms with Crippen LogP contribution in [-0.2, 0) is 0 Å². The van der Waals surface area contributed by atoms with Crippen LogP contribution in [0.1, 0.15) is 32.3 Å². The van der Waals surface area contributed by atoms with Crippen molar-refractivity contribution in [2.45, 2.75) is 6.04 Å². The molecule has 1 fully saturated rings. The number of ether oxygens (including phenoxy) is 1. The summed E-state index contributed by atoms with van der Waals surface area (Å²) in [5.41, 5.74) is 2.90. The molecule has 0 spiro atoms. The monoisotopic (exact) mass is 459 g/mol. The molecule has 34 heavy (non-hydrogen) atoms. The van der Waals surface area contributed by atoms with Crippen LogP contribution < -0.4 is 15.4 Å². The number of benzene rings is 2. The number of aromatic nitrogens is 1. The molecule has 1 aliphatic rings. The van der Waals surface area contributed by atoms with E-state index < -0.39 is 0 Å². The third-order valence-corrected chi connectivity index (χ3v) is 6.07. The molecule has 8 heteroatoms. The van der Waals surface area contributed by atoms with E-state index in [2.05, 4.69) is 20.5 Å². The second-order valence-electron chi connectivity index (χ2n) is 8.21. The fourth-order valence-electron chi connectivity index (χ4n) is 4.13. The normalized spacial score (nSPS) is 16.1. The molecule has 3 aromatic rings. The number of hydrogen-bond donors (Lipinski definition) is 2. The van der Waals surface area contributed by atoms with Crippen molar-refractivity contribution in [3.05, 3.63) is 83.6 Å². The molecule has 2 amide bonds. The number of anilines is 2. The van der Waals surface area contributed by atoms with Gasteiger partial charge in [0, 0.05) is 50.2 Å². The van der Waals surface area contributed by atoms with E-state index in [1.165, 1.54) is 0 Å². The topological polar surface area (TPSA) is 86.8 Å². The van der Waals surface area contributed by atoms with Crippen molar-refractivity contribution in [2.75, 3.05) is 46.2 Å². The Bertz CT molecular complexity index is 1180. The van der Waals surface area contributed by atoms with Gasteiger partial charge in [-0.1, -0.05) is 18.2 Å². The van der Waals surface area contributed by atoms with Crippen molar-refractivity contribution in [3.8, 4) is 5.75 Å². The Morgan fingerprint density at radius 1 is 1.06 bits per heavy atom. The third kappa shape index (κ3) is 5.02. The first-order valence-corrected chi connectivity index (χ1v) is 11.2. The number of carbonyl (C=O) groups is 2. The van der Waals surface area contributed by atoms with Crippen molar-refractivity contribution in [1.82, 2.24) is 20.1 Å². The van der Waals surface area contributed by atoms with Gasteiger partial charge in [0.25, 0.3) is 11.8 Å². The van der Waals surface area contributed by atoms with E-state index in [-0.39, 0.29) is 17.9 Å². The average Bonchev–Trinajstić information content (AvgIpc) is 2.88. The van der Waals surface area contributed by atoms with Gasteiger partial charge in [-0.2, -0.15) is 0 Å². The van der Waals surface area contributed by atoms with Crippen LogP contribution in [0, 0.1) is 0 Å². The molecule has 2 N–H and O–H groups in total. The van der Waals surface area contributed by atoms with Crippen molar-refractivity contribution in [2.24, 2.45) is 0 Å². The minimum atomic E-state index is -0.128. The zero-order valence-electron chi connectivity index (χ0n) is 19.6. The second kappa shape index (κ2) is 10.4. The lowest BCUT2D eigenvalue weighted by atomic mass is 9.99. The van der Waals surface area contributed by atoms with E-state index in [1.807, 2.05) is 54.4 Å². The van der Waals surface area contributed by atoms with Crippen molar-refractivity contribution < 1.29 is 14.3 Å². The zero-order chi connectivity index (χ0) is 24.1. The second-order valence-corrected chi connectivity index (χ2v) is 8.21. The summed E-state index contributed by atoms with van der Waals surface area (Å²) in [5.74, 6) is 1.00. The number of likely N-dealkylation sites (N-methyl/N-ethyl adjacent to an activating group) is 1. The molecule has 1 atom stereocenters. The molecule has 2 aromatic carbocycles. The number of amides is 2. The number of piperazine rings is 1. The van der Waals surface area contributed by atoms with E-state index in [1.54, 1.807) is 38.6 Å². The van der Waals surface area contributed by atoms with E-state index >= 15 is 0 Å². The maximum atomic E-state index is 13.6. The lowest BCUT2D eigenvalue weighted by Crippen LogP contribution is -2.49. The van der Waals surface area contributed by atoms with Crippen LogP contribution in [0.4, 0.5) is 11.5 Å². The first-order valence-electron chi connectivity index (χ1n) is 11.2. The highest BCUT2D eigenvalue weighted by Crippen LogP contribution is 2.28. The van der Waals surface area contributed by atoms with Gasteiger partial charge in [-0.3, -0.25) is 14.5 Å². The molecule has 4 rings (SSSR count). The van der Waals surface area contributed by atoms with Crippen LogP contribution in [0.5, 0.6) is 5.75 Å². The number of carbonyl (C=O) groups excluding carboxylic acids is 2. The van der Waals surface area contributed by atoms with Gasteiger partial charge in [0.15, 0.2) is 0 Å². The Morgan fingerprint density at radius 3 is 2.68 bits per heavy atom. The van der Waals surface area contributed by atoms with Gasteiger partial charge >= 0.3 is 0 Å². The van der Waals surface area contributed by atoms with Gasteiger partial charge in [-0.05, 0) is 49.0 Å². The van der Waals surface area contributed by atoms with Crippen molar-refractivity contribution in [3.63, 3.8) is 0 Å². The molecule has 1 saturated heterocycles.